The summed E-state index contributed by atoms with van der Waals surface area (Å²) in [5, 5.41) is 5.14. The monoisotopic (exact) mass is 320 g/mol. The highest BCUT2D eigenvalue weighted by Crippen LogP contribution is 2.27. The van der Waals surface area contributed by atoms with Crippen LogP contribution in [-0.4, -0.2) is 34.2 Å². The molecule has 7 heteroatoms. The Labute approximate surface area is 125 Å². The van der Waals surface area contributed by atoms with E-state index < -0.39 is 10.0 Å². The molecule has 0 saturated carbocycles. The average molecular weight is 320 g/mol. The van der Waals surface area contributed by atoms with Gasteiger partial charge in [-0.1, -0.05) is 13.8 Å². The van der Waals surface area contributed by atoms with Crippen molar-refractivity contribution in [2.24, 2.45) is 0 Å². The van der Waals surface area contributed by atoms with Gasteiger partial charge >= 0.3 is 0 Å². The first-order valence-electron chi connectivity index (χ1n) is 6.59. The summed E-state index contributed by atoms with van der Waals surface area (Å²) in [6.07, 6.45) is 0. The molecule has 116 valence electrons. The first-order chi connectivity index (χ1) is 9.27. The van der Waals surface area contributed by atoms with Crippen molar-refractivity contribution in [3.63, 3.8) is 0 Å². The van der Waals surface area contributed by atoms with Crippen LogP contribution in [0.15, 0.2) is 10.3 Å². The van der Waals surface area contributed by atoms with Crippen LogP contribution < -0.4 is 10.0 Å². The predicted octanol–water partition coefficient (Wildman–Crippen LogP) is 1.87. The molecule has 20 heavy (non-hydrogen) atoms. The van der Waals surface area contributed by atoms with Gasteiger partial charge in [0.05, 0.1) is 6.61 Å². The van der Waals surface area contributed by atoms with Crippen molar-refractivity contribution in [2.45, 2.75) is 51.2 Å². The Balaban J connectivity index is 2.96. The van der Waals surface area contributed by atoms with Crippen LogP contribution in [0.4, 0.5) is 0 Å². The van der Waals surface area contributed by atoms with Crippen LogP contribution in [0.3, 0.4) is 0 Å². The van der Waals surface area contributed by atoms with E-state index in [1.807, 2.05) is 26.2 Å². The van der Waals surface area contributed by atoms with E-state index in [-0.39, 0.29) is 6.04 Å². The fourth-order valence-corrected chi connectivity index (χ4v) is 4.86. The van der Waals surface area contributed by atoms with Gasteiger partial charge in [0.15, 0.2) is 0 Å². The Morgan fingerprint density at radius 1 is 1.35 bits per heavy atom. The summed E-state index contributed by atoms with van der Waals surface area (Å²) in [4.78, 5) is 1.24. The number of hydrogen-bond acceptors (Lipinski definition) is 5. The molecule has 0 aliphatic heterocycles. The van der Waals surface area contributed by atoms with Crippen molar-refractivity contribution in [1.29, 1.82) is 0 Å². The number of hydrogen-bond donors (Lipinski definition) is 2. The highest BCUT2D eigenvalue weighted by molar-refractivity contribution is 7.89. The Morgan fingerprint density at radius 2 is 2.00 bits per heavy atom. The van der Waals surface area contributed by atoms with Crippen LogP contribution in [0.2, 0.25) is 0 Å². The van der Waals surface area contributed by atoms with Crippen molar-refractivity contribution in [1.82, 2.24) is 10.0 Å². The molecule has 0 spiro atoms. The van der Waals surface area contributed by atoms with E-state index in [9.17, 15) is 8.42 Å². The van der Waals surface area contributed by atoms with E-state index in [1.54, 1.807) is 14.0 Å². The third-order valence-electron chi connectivity index (χ3n) is 2.70. The van der Waals surface area contributed by atoms with Gasteiger partial charge in [0.1, 0.15) is 4.90 Å². The first-order valence-corrected chi connectivity index (χ1v) is 8.95. The molecule has 0 bridgehead atoms. The third-order valence-corrected chi connectivity index (χ3v) is 5.75. The highest BCUT2D eigenvalue weighted by atomic mass is 32.2. The van der Waals surface area contributed by atoms with Gasteiger partial charge in [-0.25, -0.2) is 13.1 Å². The summed E-state index contributed by atoms with van der Waals surface area (Å²) < 4.78 is 32.6. The van der Waals surface area contributed by atoms with E-state index in [2.05, 4.69) is 10.0 Å². The maximum absolute atomic E-state index is 12.5. The number of rotatable bonds is 8. The molecule has 1 aromatic rings. The third kappa shape index (κ3) is 4.82. The lowest BCUT2D eigenvalue weighted by atomic mass is 10.3. The molecular formula is C13H24N2O3S2. The van der Waals surface area contributed by atoms with E-state index in [4.69, 9.17) is 4.74 Å². The van der Waals surface area contributed by atoms with Crippen LogP contribution in [0.1, 0.15) is 31.2 Å². The minimum atomic E-state index is -3.51. The molecule has 0 amide bonds. The quantitative estimate of drug-likeness (QED) is 0.767. The standard InChI is InChI=1S/C13H24N2O3S2/c1-9(2)14-6-12-13(10(3)8-19-12)20(16,17)15-11(4)7-18-5/h8-9,11,14-15H,6-7H2,1-5H3. The van der Waals surface area contributed by atoms with Crippen LogP contribution in [0, 0.1) is 6.92 Å². The Kier molecular flexibility index (Phi) is 6.60. The van der Waals surface area contributed by atoms with Crippen molar-refractivity contribution in [3.05, 3.63) is 15.8 Å². The van der Waals surface area contributed by atoms with E-state index >= 15 is 0 Å². The summed E-state index contributed by atoms with van der Waals surface area (Å²) in [6.45, 7) is 8.59. The molecule has 0 fully saturated rings. The SMILES string of the molecule is COCC(C)NS(=O)(=O)c1c(C)csc1CNC(C)C. The zero-order valence-corrected chi connectivity index (χ0v) is 14.3. The molecule has 0 aliphatic carbocycles. The number of thiophene rings is 1. The normalized spacial score (nSPS) is 13.9. The van der Waals surface area contributed by atoms with Gasteiger partial charge in [-0.05, 0) is 24.8 Å². The number of sulfonamides is 1. The lowest BCUT2D eigenvalue weighted by Crippen LogP contribution is -2.36. The molecule has 0 radical (unpaired) electrons. The van der Waals surface area contributed by atoms with Crippen LogP contribution in [0.5, 0.6) is 0 Å². The minimum Gasteiger partial charge on any atom is -0.383 e. The largest absolute Gasteiger partial charge is 0.383 e. The van der Waals surface area contributed by atoms with Crippen LogP contribution >= 0.6 is 11.3 Å². The van der Waals surface area contributed by atoms with Crippen molar-refractivity contribution >= 4 is 21.4 Å². The highest BCUT2D eigenvalue weighted by Gasteiger charge is 2.24. The molecule has 1 rings (SSSR count). The maximum Gasteiger partial charge on any atom is 0.242 e. The van der Waals surface area contributed by atoms with Crippen molar-refractivity contribution < 1.29 is 13.2 Å². The van der Waals surface area contributed by atoms with Crippen LogP contribution in [-0.2, 0) is 21.3 Å². The van der Waals surface area contributed by atoms with Crippen LogP contribution in [0.25, 0.3) is 0 Å². The molecule has 0 aliphatic rings. The Hall–Kier alpha value is -0.470. The predicted molar refractivity (Wildman–Crippen MR) is 82.7 cm³/mol. The number of aryl methyl sites for hydroxylation is 1. The fourth-order valence-electron chi connectivity index (χ4n) is 1.87. The van der Waals surface area contributed by atoms with Gasteiger partial charge in [0.25, 0.3) is 0 Å². The number of methoxy groups -OCH3 is 1. The topological polar surface area (TPSA) is 67.4 Å². The number of ether oxygens (including phenoxy) is 1. The summed E-state index contributed by atoms with van der Waals surface area (Å²) in [6, 6.07) is 0.0588. The molecule has 5 nitrogen and oxygen atoms in total. The molecule has 1 unspecified atom stereocenters. The Morgan fingerprint density at radius 3 is 2.55 bits per heavy atom. The average Bonchev–Trinajstić information content (AvgIpc) is 2.68. The number of nitrogens with one attached hydrogen (secondary N) is 2. The lowest BCUT2D eigenvalue weighted by molar-refractivity contribution is 0.180. The maximum atomic E-state index is 12.5. The van der Waals surface area contributed by atoms with Gasteiger partial charge in [0, 0.05) is 30.6 Å². The second kappa shape index (κ2) is 7.51. The second-order valence-electron chi connectivity index (χ2n) is 5.18. The minimum absolute atomic E-state index is 0.254. The van der Waals surface area contributed by atoms with Gasteiger partial charge in [-0.3, -0.25) is 0 Å². The summed E-state index contributed by atoms with van der Waals surface area (Å²) in [5.41, 5.74) is 0.785. The molecular weight excluding hydrogens is 296 g/mol. The lowest BCUT2D eigenvalue weighted by Gasteiger charge is -2.15. The summed E-state index contributed by atoms with van der Waals surface area (Å²) in [7, 11) is -1.95. The van der Waals surface area contributed by atoms with E-state index in [0.717, 1.165) is 10.4 Å². The Bertz CT molecular complexity index is 524. The molecule has 0 aromatic carbocycles. The fraction of sp³-hybridized carbons (Fsp3) is 0.692. The molecule has 1 heterocycles. The van der Waals surface area contributed by atoms with Gasteiger partial charge in [0.2, 0.25) is 10.0 Å². The van der Waals surface area contributed by atoms with Crippen molar-refractivity contribution in [3.8, 4) is 0 Å². The molecule has 1 aromatic heterocycles. The summed E-state index contributed by atoms with van der Waals surface area (Å²) in [5.74, 6) is 0. The second-order valence-corrected chi connectivity index (χ2v) is 7.80. The van der Waals surface area contributed by atoms with Gasteiger partial charge in [-0.15, -0.1) is 11.3 Å². The van der Waals surface area contributed by atoms with E-state index in [1.165, 1.54) is 11.3 Å². The van der Waals surface area contributed by atoms with Crippen molar-refractivity contribution in [2.75, 3.05) is 13.7 Å². The smallest absolute Gasteiger partial charge is 0.242 e. The van der Waals surface area contributed by atoms with Gasteiger partial charge in [-0.2, -0.15) is 0 Å². The molecule has 2 N–H and O–H groups in total. The van der Waals surface area contributed by atoms with E-state index in [0.29, 0.717) is 24.1 Å². The molecule has 1 atom stereocenters. The first kappa shape index (κ1) is 17.6. The van der Waals surface area contributed by atoms with Gasteiger partial charge < -0.3 is 10.1 Å². The summed E-state index contributed by atoms with van der Waals surface area (Å²) >= 11 is 1.47. The zero-order valence-electron chi connectivity index (χ0n) is 12.7. The zero-order chi connectivity index (χ0) is 15.3. The molecule has 0 saturated heterocycles.